The molecule has 0 aliphatic carbocycles. The second-order valence-electron chi connectivity index (χ2n) is 4.54. The molecule has 1 atom stereocenters. The van der Waals surface area contributed by atoms with Gasteiger partial charge in [-0.3, -0.25) is 0 Å². The highest BCUT2D eigenvalue weighted by Crippen LogP contribution is 2.13. The molecular weight excluding hydrogens is 226 g/mol. The number of hydrogen-bond donors (Lipinski definition) is 1. The molecule has 1 aromatic rings. The fourth-order valence-electron chi connectivity index (χ4n) is 1.77. The summed E-state index contributed by atoms with van der Waals surface area (Å²) in [5, 5.41) is 3.42. The zero-order chi connectivity index (χ0) is 13.2. The van der Waals surface area contributed by atoms with Crippen molar-refractivity contribution in [2.75, 3.05) is 26.9 Å². The lowest BCUT2D eigenvalue weighted by Crippen LogP contribution is -2.30. The predicted octanol–water partition coefficient (Wildman–Crippen LogP) is 2.64. The van der Waals surface area contributed by atoms with Crippen molar-refractivity contribution < 1.29 is 9.47 Å². The van der Waals surface area contributed by atoms with Crippen LogP contribution in [0.3, 0.4) is 0 Å². The smallest absolute Gasteiger partial charge is 0.119 e. The van der Waals surface area contributed by atoms with Crippen LogP contribution in [0.25, 0.3) is 0 Å². The first-order valence-electron chi connectivity index (χ1n) is 6.70. The molecule has 18 heavy (non-hydrogen) atoms. The van der Waals surface area contributed by atoms with E-state index in [1.54, 1.807) is 7.11 Å². The number of benzene rings is 1. The molecule has 0 aliphatic heterocycles. The molecule has 0 heterocycles. The summed E-state index contributed by atoms with van der Waals surface area (Å²) in [5.41, 5.74) is 1.33. The lowest BCUT2D eigenvalue weighted by molar-refractivity contribution is 0.196. The Labute approximate surface area is 110 Å². The van der Waals surface area contributed by atoms with Gasteiger partial charge in [-0.1, -0.05) is 19.1 Å². The molecule has 0 saturated heterocycles. The first kappa shape index (κ1) is 15.0. The van der Waals surface area contributed by atoms with Crippen molar-refractivity contribution in [3.8, 4) is 5.75 Å². The summed E-state index contributed by atoms with van der Waals surface area (Å²) < 4.78 is 10.6. The molecule has 0 amide bonds. The first-order chi connectivity index (χ1) is 8.76. The van der Waals surface area contributed by atoms with Crippen LogP contribution in [0.15, 0.2) is 24.3 Å². The molecule has 1 aromatic carbocycles. The monoisotopic (exact) mass is 251 g/mol. The Kier molecular flexibility index (Phi) is 7.46. The van der Waals surface area contributed by atoms with Crippen molar-refractivity contribution in [2.24, 2.45) is 0 Å². The molecule has 3 nitrogen and oxygen atoms in total. The van der Waals surface area contributed by atoms with Crippen molar-refractivity contribution in [3.05, 3.63) is 29.8 Å². The highest BCUT2D eigenvalue weighted by Gasteiger charge is 2.03. The molecule has 1 rings (SSSR count). The second-order valence-corrected chi connectivity index (χ2v) is 4.54. The Balaban J connectivity index is 2.33. The minimum absolute atomic E-state index is 0.461. The molecule has 0 fully saturated rings. The highest BCUT2D eigenvalue weighted by molar-refractivity contribution is 5.27. The van der Waals surface area contributed by atoms with Gasteiger partial charge in [-0.15, -0.1) is 0 Å². The highest BCUT2D eigenvalue weighted by atomic mass is 16.5. The number of nitrogens with one attached hydrogen (secondary N) is 1. The van der Waals surface area contributed by atoms with Gasteiger partial charge in [0, 0.05) is 19.7 Å². The van der Waals surface area contributed by atoms with Crippen LogP contribution in [-0.2, 0) is 11.2 Å². The Morgan fingerprint density at radius 3 is 2.50 bits per heavy atom. The van der Waals surface area contributed by atoms with Crippen molar-refractivity contribution in [3.63, 3.8) is 0 Å². The maximum Gasteiger partial charge on any atom is 0.119 e. The zero-order valence-corrected chi connectivity index (χ0v) is 11.7. The number of methoxy groups -OCH3 is 1. The van der Waals surface area contributed by atoms with Gasteiger partial charge in [0.15, 0.2) is 0 Å². The number of ether oxygens (including phenoxy) is 2. The minimum Gasteiger partial charge on any atom is -0.494 e. The van der Waals surface area contributed by atoms with E-state index in [4.69, 9.17) is 9.47 Å². The van der Waals surface area contributed by atoms with Gasteiger partial charge in [-0.05, 0) is 37.5 Å². The molecule has 3 heteroatoms. The van der Waals surface area contributed by atoms with E-state index in [1.807, 2.05) is 12.1 Å². The molecule has 0 aliphatic rings. The molecule has 0 aromatic heterocycles. The van der Waals surface area contributed by atoms with Crippen molar-refractivity contribution >= 4 is 0 Å². The average Bonchev–Trinajstić information content (AvgIpc) is 2.38. The second kappa shape index (κ2) is 8.95. The van der Waals surface area contributed by atoms with E-state index in [9.17, 15) is 0 Å². The van der Waals surface area contributed by atoms with Crippen LogP contribution in [0.2, 0.25) is 0 Å². The average molecular weight is 251 g/mol. The van der Waals surface area contributed by atoms with Crippen LogP contribution < -0.4 is 10.1 Å². The summed E-state index contributed by atoms with van der Waals surface area (Å²) in [7, 11) is 1.72. The van der Waals surface area contributed by atoms with E-state index in [0.717, 1.165) is 38.3 Å². The van der Waals surface area contributed by atoms with E-state index >= 15 is 0 Å². The fraction of sp³-hybridized carbons (Fsp3) is 0.600. The fourth-order valence-corrected chi connectivity index (χ4v) is 1.77. The SMILES string of the molecule is CCCOc1ccc(CC(C)NCCOC)cc1. The van der Waals surface area contributed by atoms with Gasteiger partial charge in [-0.2, -0.15) is 0 Å². The maximum absolute atomic E-state index is 5.56. The van der Waals surface area contributed by atoms with Crippen LogP contribution in [0.5, 0.6) is 5.75 Å². The molecule has 0 spiro atoms. The lowest BCUT2D eigenvalue weighted by atomic mass is 10.1. The van der Waals surface area contributed by atoms with Gasteiger partial charge in [0.1, 0.15) is 5.75 Å². The van der Waals surface area contributed by atoms with Crippen molar-refractivity contribution in [2.45, 2.75) is 32.7 Å². The standard InChI is InChI=1S/C15H25NO2/c1-4-10-18-15-7-5-14(6-8-15)12-13(2)16-9-11-17-3/h5-8,13,16H,4,9-12H2,1-3H3. The van der Waals surface area contributed by atoms with E-state index in [2.05, 4.69) is 31.3 Å². The van der Waals surface area contributed by atoms with Gasteiger partial charge in [-0.25, -0.2) is 0 Å². The molecule has 0 radical (unpaired) electrons. The summed E-state index contributed by atoms with van der Waals surface area (Å²) >= 11 is 0. The number of hydrogen-bond acceptors (Lipinski definition) is 3. The van der Waals surface area contributed by atoms with E-state index in [0.29, 0.717) is 6.04 Å². The van der Waals surface area contributed by atoms with Crippen LogP contribution in [0, 0.1) is 0 Å². The lowest BCUT2D eigenvalue weighted by Gasteiger charge is -2.14. The van der Waals surface area contributed by atoms with Crippen molar-refractivity contribution in [1.82, 2.24) is 5.32 Å². The zero-order valence-electron chi connectivity index (χ0n) is 11.7. The normalized spacial score (nSPS) is 12.4. The summed E-state index contributed by atoms with van der Waals surface area (Å²) in [6.45, 7) is 6.75. The largest absolute Gasteiger partial charge is 0.494 e. The molecule has 0 saturated carbocycles. The van der Waals surface area contributed by atoms with E-state index < -0.39 is 0 Å². The van der Waals surface area contributed by atoms with Gasteiger partial charge in [0.2, 0.25) is 0 Å². The van der Waals surface area contributed by atoms with E-state index in [1.165, 1.54) is 5.56 Å². The predicted molar refractivity (Wildman–Crippen MR) is 75.3 cm³/mol. The van der Waals surface area contributed by atoms with Gasteiger partial charge < -0.3 is 14.8 Å². The maximum atomic E-state index is 5.56. The first-order valence-corrected chi connectivity index (χ1v) is 6.70. The molecule has 1 N–H and O–H groups in total. The summed E-state index contributed by atoms with van der Waals surface area (Å²) in [6, 6.07) is 8.83. The minimum atomic E-state index is 0.461. The van der Waals surface area contributed by atoms with Gasteiger partial charge in [0.05, 0.1) is 13.2 Å². The van der Waals surface area contributed by atoms with Crippen molar-refractivity contribution in [1.29, 1.82) is 0 Å². The molecule has 1 unspecified atom stereocenters. The third-order valence-electron chi connectivity index (χ3n) is 2.74. The quantitative estimate of drug-likeness (QED) is 0.684. The van der Waals surface area contributed by atoms with Gasteiger partial charge >= 0.3 is 0 Å². The molecule has 0 bridgehead atoms. The third-order valence-corrected chi connectivity index (χ3v) is 2.74. The molecular formula is C15H25NO2. The summed E-state index contributed by atoms with van der Waals surface area (Å²) in [5.74, 6) is 0.959. The number of rotatable bonds is 9. The Morgan fingerprint density at radius 2 is 1.89 bits per heavy atom. The topological polar surface area (TPSA) is 30.5 Å². The summed E-state index contributed by atoms with van der Waals surface area (Å²) in [4.78, 5) is 0. The van der Waals surface area contributed by atoms with Gasteiger partial charge in [0.25, 0.3) is 0 Å². The Morgan fingerprint density at radius 1 is 1.17 bits per heavy atom. The summed E-state index contributed by atoms with van der Waals surface area (Å²) in [6.07, 6.45) is 2.07. The Hall–Kier alpha value is -1.06. The van der Waals surface area contributed by atoms with Crippen LogP contribution in [0.1, 0.15) is 25.8 Å². The Bertz CT molecular complexity index is 311. The third kappa shape index (κ3) is 6.03. The van der Waals surface area contributed by atoms with Crippen LogP contribution in [-0.4, -0.2) is 32.9 Å². The van der Waals surface area contributed by atoms with E-state index in [-0.39, 0.29) is 0 Å². The van der Waals surface area contributed by atoms with Crippen LogP contribution in [0.4, 0.5) is 0 Å². The molecule has 102 valence electrons. The van der Waals surface area contributed by atoms with Crippen LogP contribution >= 0.6 is 0 Å².